The number of hydrogen-bond acceptors (Lipinski definition) is 3. The second-order valence-corrected chi connectivity index (χ2v) is 9.73. The highest BCUT2D eigenvalue weighted by Gasteiger charge is 2.45. The maximum atomic E-state index is 13.6. The fraction of sp³-hybridized carbons (Fsp3) is 0.708. The van der Waals surface area contributed by atoms with E-state index in [9.17, 15) is 18.0 Å². The van der Waals surface area contributed by atoms with Crippen molar-refractivity contribution in [3.8, 4) is 0 Å². The zero-order chi connectivity index (χ0) is 21.6. The number of piperazine rings is 1. The molecule has 2 atom stereocenters. The Morgan fingerprint density at radius 3 is 2.39 bits per heavy atom. The molecule has 3 heterocycles. The number of nitrogens with zero attached hydrogens (tertiary/aromatic N) is 3. The molecule has 0 bridgehead atoms. The predicted octanol–water partition coefficient (Wildman–Crippen LogP) is 4.32. The van der Waals surface area contributed by atoms with Gasteiger partial charge in [-0.1, -0.05) is 12.8 Å². The second kappa shape index (κ2) is 8.30. The molecule has 1 saturated carbocycles. The highest BCUT2D eigenvalue weighted by molar-refractivity contribution is 5.82. The standard InChI is InChI=1S/C24H32F3N3O/c25-24(26,27)18-8-9-21-17(14-18)15-20(23(31)28-10-4-1-5-11-28)22-16-29(12-13-30(21)22)19-6-2-3-7-19/h8-9,14,19-20,22H,1-7,10-13,15-16H2. The number of amides is 1. The Kier molecular flexibility index (Phi) is 5.65. The van der Waals surface area contributed by atoms with E-state index < -0.39 is 11.7 Å². The number of halogens is 3. The molecule has 5 rings (SSSR count). The number of likely N-dealkylation sites (tertiary alicyclic amines) is 1. The highest BCUT2D eigenvalue weighted by Crippen LogP contribution is 2.41. The lowest BCUT2D eigenvalue weighted by atomic mass is 9.82. The summed E-state index contributed by atoms with van der Waals surface area (Å²) < 4.78 is 40.1. The summed E-state index contributed by atoms with van der Waals surface area (Å²) in [5.41, 5.74) is 0.959. The van der Waals surface area contributed by atoms with E-state index >= 15 is 0 Å². The third kappa shape index (κ3) is 4.06. The number of benzene rings is 1. The largest absolute Gasteiger partial charge is 0.416 e. The summed E-state index contributed by atoms with van der Waals surface area (Å²) in [5, 5.41) is 0. The maximum absolute atomic E-state index is 13.6. The van der Waals surface area contributed by atoms with Crippen molar-refractivity contribution >= 4 is 11.6 Å². The molecule has 2 saturated heterocycles. The molecular formula is C24H32F3N3O. The van der Waals surface area contributed by atoms with Crippen molar-refractivity contribution in [3.63, 3.8) is 0 Å². The number of anilines is 1. The van der Waals surface area contributed by atoms with Gasteiger partial charge in [-0.05, 0) is 62.3 Å². The molecule has 2 unspecified atom stereocenters. The number of fused-ring (bicyclic) bond motifs is 3. The fourth-order valence-electron chi connectivity index (χ4n) is 6.26. The molecule has 1 aliphatic carbocycles. The zero-order valence-corrected chi connectivity index (χ0v) is 18.0. The van der Waals surface area contributed by atoms with E-state index in [1.54, 1.807) is 6.07 Å². The Labute approximate surface area is 182 Å². The molecule has 3 fully saturated rings. The van der Waals surface area contributed by atoms with E-state index in [2.05, 4.69) is 9.80 Å². The Bertz CT molecular complexity index is 815. The van der Waals surface area contributed by atoms with Crippen LogP contribution in [0.2, 0.25) is 0 Å². The predicted molar refractivity (Wildman–Crippen MR) is 114 cm³/mol. The number of rotatable bonds is 2. The summed E-state index contributed by atoms with van der Waals surface area (Å²) in [6.07, 6.45) is 4.24. The van der Waals surface area contributed by atoms with Gasteiger partial charge in [0.15, 0.2) is 0 Å². The first-order chi connectivity index (χ1) is 14.9. The Hall–Kier alpha value is -1.76. The number of hydrogen-bond donors (Lipinski definition) is 0. The lowest BCUT2D eigenvalue weighted by Gasteiger charge is -2.51. The molecule has 0 aromatic heterocycles. The van der Waals surface area contributed by atoms with Crippen molar-refractivity contribution in [1.82, 2.24) is 9.80 Å². The molecule has 1 amide bonds. The molecule has 0 radical (unpaired) electrons. The molecule has 1 aromatic rings. The van der Waals surface area contributed by atoms with E-state index in [-0.39, 0.29) is 17.9 Å². The minimum atomic E-state index is -4.36. The third-order valence-electron chi connectivity index (χ3n) is 7.90. The van der Waals surface area contributed by atoms with Crippen LogP contribution >= 0.6 is 0 Å². The van der Waals surface area contributed by atoms with Gasteiger partial charge in [0, 0.05) is 44.5 Å². The van der Waals surface area contributed by atoms with Crippen LogP contribution in [-0.2, 0) is 17.4 Å². The first kappa shape index (κ1) is 21.1. The van der Waals surface area contributed by atoms with Gasteiger partial charge in [0.05, 0.1) is 17.5 Å². The minimum absolute atomic E-state index is 0.0491. The molecule has 31 heavy (non-hydrogen) atoms. The Morgan fingerprint density at radius 1 is 0.935 bits per heavy atom. The molecule has 7 heteroatoms. The van der Waals surface area contributed by atoms with Crippen LogP contribution in [0.5, 0.6) is 0 Å². The van der Waals surface area contributed by atoms with Crippen LogP contribution in [0.25, 0.3) is 0 Å². The average molecular weight is 436 g/mol. The summed E-state index contributed by atoms with van der Waals surface area (Å²) in [4.78, 5) is 20.4. The first-order valence-corrected chi connectivity index (χ1v) is 11.9. The van der Waals surface area contributed by atoms with E-state index in [0.29, 0.717) is 18.0 Å². The summed E-state index contributed by atoms with van der Waals surface area (Å²) in [6, 6.07) is 4.77. The number of carbonyl (C=O) groups excluding carboxylic acids is 1. The van der Waals surface area contributed by atoms with Gasteiger partial charge < -0.3 is 9.80 Å². The van der Waals surface area contributed by atoms with Crippen LogP contribution in [-0.4, -0.2) is 60.5 Å². The van der Waals surface area contributed by atoms with Crippen molar-refractivity contribution < 1.29 is 18.0 Å². The maximum Gasteiger partial charge on any atom is 0.416 e. The number of alkyl halides is 3. The van der Waals surface area contributed by atoms with Crippen molar-refractivity contribution in [2.24, 2.45) is 5.92 Å². The van der Waals surface area contributed by atoms with Crippen molar-refractivity contribution in [3.05, 3.63) is 29.3 Å². The van der Waals surface area contributed by atoms with E-state index in [1.807, 2.05) is 4.90 Å². The average Bonchev–Trinajstić information content (AvgIpc) is 3.32. The smallest absolute Gasteiger partial charge is 0.365 e. The highest BCUT2D eigenvalue weighted by atomic mass is 19.4. The summed E-state index contributed by atoms with van der Waals surface area (Å²) in [7, 11) is 0. The van der Waals surface area contributed by atoms with Crippen LogP contribution in [0.15, 0.2) is 18.2 Å². The van der Waals surface area contributed by atoms with Gasteiger partial charge in [0.1, 0.15) is 0 Å². The SMILES string of the molecule is O=C(C1Cc2cc(C(F)(F)F)ccc2N2CCN(C3CCCC3)CC12)N1CCCCC1. The van der Waals surface area contributed by atoms with Gasteiger partial charge in [0.2, 0.25) is 5.91 Å². The third-order valence-corrected chi connectivity index (χ3v) is 7.90. The second-order valence-electron chi connectivity index (χ2n) is 9.73. The summed E-state index contributed by atoms with van der Waals surface area (Å²) in [6.45, 7) is 4.11. The van der Waals surface area contributed by atoms with Gasteiger partial charge in [0.25, 0.3) is 0 Å². The van der Waals surface area contributed by atoms with Gasteiger partial charge >= 0.3 is 6.18 Å². The minimum Gasteiger partial charge on any atom is -0.365 e. The van der Waals surface area contributed by atoms with Gasteiger partial charge in [-0.25, -0.2) is 0 Å². The lowest BCUT2D eigenvalue weighted by molar-refractivity contribution is -0.137. The zero-order valence-electron chi connectivity index (χ0n) is 18.0. The van der Waals surface area contributed by atoms with Gasteiger partial charge in [-0.15, -0.1) is 0 Å². The lowest BCUT2D eigenvalue weighted by Crippen LogP contribution is -2.62. The Morgan fingerprint density at radius 2 is 1.68 bits per heavy atom. The molecule has 0 N–H and O–H groups in total. The number of piperidine rings is 1. The molecular weight excluding hydrogens is 403 g/mol. The molecule has 4 aliphatic rings. The molecule has 1 aromatic carbocycles. The number of carbonyl (C=O) groups is 1. The van der Waals surface area contributed by atoms with Crippen molar-refractivity contribution in [2.75, 3.05) is 37.6 Å². The molecule has 170 valence electrons. The summed E-state index contributed by atoms with van der Waals surface area (Å²) >= 11 is 0. The van der Waals surface area contributed by atoms with Crippen molar-refractivity contribution in [2.45, 2.75) is 69.6 Å². The quantitative estimate of drug-likeness (QED) is 0.692. The Balaban J connectivity index is 1.46. The van der Waals surface area contributed by atoms with Crippen LogP contribution < -0.4 is 4.90 Å². The van der Waals surface area contributed by atoms with E-state index in [4.69, 9.17) is 0 Å². The first-order valence-electron chi connectivity index (χ1n) is 11.9. The van der Waals surface area contributed by atoms with Crippen LogP contribution in [0.3, 0.4) is 0 Å². The van der Waals surface area contributed by atoms with Crippen LogP contribution in [0.4, 0.5) is 18.9 Å². The topological polar surface area (TPSA) is 26.8 Å². The van der Waals surface area contributed by atoms with Crippen LogP contribution in [0.1, 0.15) is 56.1 Å². The van der Waals surface area contributed by atoms with Crippen LogP contribution in [0, 0.1) is 5.92 Å². The normalized spacial score (nSPS) is 27.8. The summed E-state index contributed by atoms with van der Waals surface area (Å²) in [5.74, 6) is -0.121. The molecule has 0 spiro atoms. The molecule has 3 aliphatic heterocycles. The van der Waals surface area contributed by atoms with Gasteiger partial charge in [-0.3, -0.25) is 9.69 Å². The van der Waals surface area contributed by atoms with E-state index in [0.717, 1.165) is 57.7 Å². The van der Waals surface area contributed by atoms with Crippen molar-refractivity contribution in [1.29, 1.82) is 0 Å². The monoisotopic (exact) mass is 435 g/mol. The molecule has 4 nitrogen and oxygen atoms in total. The van der Waals surface area contributed by atoms with Gasteiger partial charge in [-0.2, -0.15) is 13.2 Å². The van der Waals surface area contributed by atoms with E-state index in [1.165, 1.54) is 37.8 Å². The fourth-order valence-corrected chi connectivity index (χ4v) is 6.26.